The quantitative estimate of drug-likeness (QED) is 0.800. The van der Waals surface area contributed by atoms with Crippen molar-refractivity contribution in [1.82, 2.24) is 14.9 Å². The molecule has 2 rings (SSSR count). The Morgan fingerprint density at radius 2 is 2.38 bits per heavy atom. The first-order valence-corrected chi connectivity index (χ1v) is 6.51. The van der Waals surface area contributed by atoms with Crippen LogP contribution in [0.3, 0.4) is 0 Å². The molecular weight excluding hydrogens is 198 g/mol. The van der Waals surface area contributed by atoms with E-state index < -0.39 is 0 Å². The molecule has 1 N–H and O–H groups in total. The average Bonchev–Trinajstić information content (AvgIpc) is 2.62. The van der Waals surface area contributed by atoms with E-state index >= 15 is 0 Å². The van der Waals surface area contributed by atoms with Crippen LogP contribution in [-0.2, 0) is 7.05 Å². The summed E-state index contributed by atoms with van der Waals surface area (Å²) in [5, 5.41) is 3.62. The smallest absolute Gasteiger partial charge is 0.0947 e. The van der Waals surface area contributed by atoms with Gasteiger partial charge in [0.05, 0.1) is 18.1 Å². The molecule has 3 heteroatoms. The summed E-state index contributed by atoms with van der Waals surface area (Å²) in [4.78, 5) is 4.48. The monoisotopic (exact) mass is 221 g/mol. The van der Waals surface area contributed by atoms with E-state index in [1.54, 1.807) is 0 Å². The summed E-state index contributed by atoms with van der Waals surface area (Å²) >= 11 is 0. The zero-order valence-electron chi connectivity index (χ0n) is 10.4. The molecule has 1 heterocycles. The van der Waals surface area contributed by atoms with E-state index in [1.165, 1.54) is 37.8 Å². The number of rotatable bonds is 6. The molecule has 0 bridgehead atoms. The molecule has 1 fully saturated rings. The zero-order chi connectivity index (χ0) is 11.4. The first-order valence-electron chi connectivity index (χ1n) is 6.51. The molecule has 1 aromatic rings. The second-order valence-corrected chi connectivity index (χ2v) is 5.00. The Hall–Kier alpha value is -0.830. The highest BCUT2D eigenvalue weighted by molar-refractivity contribution is 5.04. The summed E-state index contributed by atoms with van der Waals surface area (Å²) in [6, 6.07) is 0.464. The van der Waals surface area contributed by atoms with E-state index in [0.29, 0.717) is 6.04 Å². The minimum absolute atomic E-state index is 0.464. The highest BCUT2D eigenvalue weighted by atomic mass is 15.0. The van der Waals surface area contributed by atoms with Crippen molar-refractivity contribution >= 4 is 0 Å². The van der Waals surface area contributed by atoms with Crippen LogP contribution >= 0.6 is 0 Å². The van der Waals surface area contributed by atoms with Gasteiger partial charge in [-0.1, -0.05) is 26.2 Å². The lowest BCUT2D eigenvalue weighted by Gasteiger charge is -2.29. The van der Waals surface area contributed by atoms with Gasteiger partial charge in [0.1, 0.15) is 0 Å². The summed E-state index contributed by atoms with van der Waals surface area (Å²) in [6.07, 6.45) is 10.7. The maximum absolute atomic E-state index is 4.48. The van der Waals surface area contributed by atoms with Gasteiger partial charge < -0.3 is 9.88 Å². The van der Waals surface area contributed by atoms with Gasteiger partial charge in [-0.25, -0.2) is 4.98 Å². The number of aryl methyl sites for hydroxylation is 1. The van der Waals surface area contributed by atoms with Gasteiger partial charge in [-0.3, -0.25) is 0 Å². The number of hydrogen-bond donors (Lipinski definition) is 1. The topological polar surface area (TPSA) is 29.9 Å². The van der Waals surface area contributed by atoms with Crippen molar-refractivity contribution in [2.24, 2.45) is 13.0 Å². The Balaban J connectivity index is 1.95. The van der Waals surface area contributed by atoms with Crippen LogP contribution in [0.1, 0.15) is 50.8 Å². The summed E-state index contributed by atoms with van der Waals surface area (Å²) in [7, 11) is 2.04. The molecule has 0 radical (unpaired) electrons. The third-order valence-corrected chi connectivity index (χ3v) is 3.52. The molecule has 3 nitrogen and oxygen atoms in total. The molecule has 0 saturated heterocycles. The second-order valence-electron chi connectivity index (χ2n) is 5.00. The van der Waals surface area contributed by atoms with Crippen molar-refractivity contribution in [2.75, 3.05) is 6.54 Å². The molecule has 1 aliphatic rings. The van der Waals surface area contributed by atoms with Crippen LogP contribution in [0.15, 0.2) is 12.5 Å². The molecular formula is C13H23N3. The summed E-state index contributed by atoms with van der Waals surface area (Å²) in [6.45, 7) is 3.31. The van der Waals surface area contributed by atoms with Crippen LogP contribution in [0, 0.1) is 5.92 Å². The van der Waals surface area contributed by atoms with Crippen molar-refractivity contribution < 1.29 is 0 Å². The van der Waals surface area contributed by atoms with Gasteiger partial charge in [0.15, 0.2) is 0 Å². The molecule has 1 unspecified atom stereocenters. The van der Waals surface area contributed by atoms with E-state index in [9.17, 15) is 0 Å². The molecule has 90 valence electrons. The van der Waals surface area contributed by atoms with Crippen molar-refractivity contribution in [3.8, 4) is 0 Å². The fraction of sp³-hybridized carbons (Fsp3) is 0.769. The maximum atomic E-state index is 4.48. The molecule has 1 atom stereocenters. The van der Waals surface area contributed by atoms with Crippen LogP contribution in [0.4, 0.5) is 0 Å². The van der Waals surface area contributed by atoms with Gasteiger partial charge in [-0.05, 0) is 25.3 Å². The first kappa shape index (κ1) is 11.6. The van der Waals surface area contributed by atoms with E-state index in [4.69, 9.17) is 0 Å². The Morgan fingerprint density at radius 3 is 2.88 bits per heavy atom. The number of imidazole rings is 1. The minimum atomic E-state index is 0.464. The number of aromatic nitrogens is 2. The summed E-state index contributed by atoms with van der Waals surface area (Å²) in [5.41, 5.74) is 1.21. The normalized spacial score (nSPS) is 18.4. The number of nitrogens with zero attached hydrogens (tertiary/aromatic N) is 2. The van der Waals surface area contributed by atoms with Gasteiger partial charge in [-0.15, -0.1) is 0 Å². The van der Waals surface area contributed by atoms with Gasteiger partial charge in [0.2, 0.25) is 0 Å². The average molecular weight is 221 g/mol. The molecule has 1 aromatic heterocycles. The first-order chi connectivity index (χ1) is 7.79. The van der Waals surface area contributed by atoms with Gasteiger partial charge >= 0.3 is 0 Å². The van der Waals surface area contributed by atoms with Crippen LogP contribution in [0.5, 0.6) is 0 Å². The highest BCUT2D eigenvalue weighted by Crippen LogP contribution is 2.34. The highest BCUT2D eigenvalue weighted by Gasteiger charge is 2.23. The van der Waals surface area contributed by atoms with E-state index in [2.05, 4.69) is 23.4 Å². The van der Waals surface area contributed by atoms with Gasteiger partial charge in [-0.2, -0.15) is 0 Å². The molecule has 16 heavy (non-hydrogen) atoms. The molecule has 0 aliphatic heterocycles. The van der Waals surface area contributed by atoms with E-state index in [-0.39, 0.29) is 0 Å². The maximum Gasteiger partial charge on any atom is 0.0947 e. The second kappa shape index (κ2) is 5.48. The lowest BCUT2D eigenvalue weighted by atomic mass is 9.80. The van der Waals surface area contributed by atoms with Crippen molar-refractivity contribution in [3.05, 3.63) is 18.2 Å². The van der Waals surface area contributed by atoms with Crippen LogP contribution < -0.4 is 5.32 Å². The third-order valence-electron chi connectivity index (χ3n) is 3.52. The lowest BCUT2D eigenvalue weighted by Crippen LogP contribution is -2.27. The van der Waals surface area contributed by atoms with E-state index in [1.807, 2.05) is 17.9 Å². The molecule has 0 aromatic carbocycles. The Bertz CT molecular complexity index is 315. The zero-order valence-corrected chi connectivity index (χ0v) is 10.4. The van der Waals surface area contributed by atoms with Crippen LogP contribution in [0.25, 0.3) is 0 Å². The Morgan fingerprint density at radius 1 is 1.56 bits per heavy atom. The van der Waals surface area contributed by atoms with Gasteiger partial charge in [0.25, 0.3) is 0 Å². The number of nitrogens with one attached hydrogen (secondary N) is 1. The fourth-order valence-corrected chi connectivity index (χ4v) is 2.30. The molecule has 1 aliphatic carbocycles. The third kappa shape index (κ3) is 2.85. The SMILES string of the molecule is CCCNC(CC1CCC1)c1cn(C)cn1. The summed E-state index contributed by atoms with van der Waals surface area (Å²) < 4.78 is 2.04. The molecule has 1 saturated carbocycles. The fourth-order valence-electron chi connectivity index (χ4n) is 2.30. The number of hydrogen-bond acceptors (Lipinski definition) is 2. The summed E-state index contributed by atoms with van der Waals surface area (Å²) in [5.74, 6) is 0.927. The van der Waals surface area contributed by atoms with Crippen LogP contribution in [0.2, 0.25) is 0 Å². The van der Waals surface area contributed by atoms with Crippen molar-refractivity contribution in [2.45, 2.75) is 45.1 Å². The molecule has 0 spiro atoms. The van der Waals surface area contributed by atoms with Crippen molar-refractivity contribution in [1.29, 1.82) is 0 Å². The predicted molar refractivity (Wildman–Crippen MR) is 66.2 cm³/mol. The Labute approximate surface area is 98.3 Å². The van der Waals surface area contributed by atoms with Gasteiger partial charge in [0, 0.05) is 13.2 Å². The predicted octanol–water partition coefficient (Wildman–Crippen LogP) is 2.65. The molecule has 0 amide bonds. The van der Waals surface area contributed by atoms with E-state index in [0.717, 1.165) is 12.5 Å². The lowest BCUT2D eigenvalue weighted by molar-refractivity contribution is 0.259. The standard InChI is InChI=1S/C13H23N3/c1-3-7-14-12(8-11-5-4-6-11)13-9-16(2)10-15-13/h9-12,14H,3-8H2,1-2H3. The largest absolute Gasteiger partial charge is 0.340 e. The van der Waals surface area contributed by atoms with Crippen molar-refractivity contribution in [3.63, 3.8) is 0 Å². The Kier molecular flexibility index (Phi) is 3.99. The minimum Gasteiger partial charge on any atom is -0.340 e. The van der Waals surface area contributed by atoms with Crippen LogP contribution in [-0.4, -0.2) is 16.1 Å².